The number of fused-ring (bicyclic) bond motifs is 1. The fourth-order valence-electron chi connectivity index (χ4n) is 3.29. The Morgan fingerprint density at radius 3 is 2.48 bits per heavy atom. The first-order valence-corrected chi connectivity index (χ1v) is 9.46. The average molecular weight is 398 g/mol. The summed E-state index contributed by atoms with van der Waals surface area (Å²) in [5.74, 6) is 0.189. The van der Waals surface area contributed by atoms with E-state index in [9.17, 15) is 9.59 Å². The monoisotopic (exact) mass is 398 g/mol. The Kier molecular flexibility index (Phi) is 5.77. The van der Waals surface area contributed by atoms with Gasteiger partial charge in [-0.25, -0.2) is 14.6 Å². The molecule has 0 bridgehead atoms. The van der Waals surface area contributed by atoms with Crippen LogP contribution in [0.3, 0.4) is 0 Å². The number of rotatable bonds is 3. The maximum Gasteiger partial charge on any atom is 0.410 e. The second-order valence-corrected chi connectivity index (χ2v) is 7.83. The van der Waals surface area contributed by atoms with Gasteiger partial charge in [0.05, 0.1) is 14.2 Å². The predicted molar refractivity (Wildman–Crippen MR) is 110 cm³/mol. The van der Waals surface area contributed by atoms with Gasteiger partial charge >= 0.3 is 12.1 Å². The number of hydrogen-bond acceptors (Lipinski definition) is 6. The molecule has 0 saturated carbocycles. The number of pyridine rings is 1. The van der Waals surface area contributed by atoms with Gasteiger partial charge in [0.2, 0.25) is 0 Å². The summed E-state index contributed by atoms with van der Waals surface area (Å²) in [5.41, 5.74) is 1.79. The molecule has 7 heteroatoms. The van der Waals surface area contributed by atoms with Crippen LogP contribution in [0, 0.1) is 0 Å². The van der Waals surface area contributed by atoms with Crippen molar-refractivity contribution in [2.24, 2.45) is 0 Å². The normalized spacial score (nSPS) is 14.4. The van der Waals surface area contributed by atoms with Crippen molar-refractivity contribution in [1.29, 1.82) is 0 Å². The lowest BCUT2D eigenvalue weighted by Gasteiger charge is -2.30. The van der Waals surface area contributed by atoms with Crippen LogP contribution in [0.25, 0.3) is 16.3 Å². The van der Waals surface area contributed by atoms with Gasteiger partial charge in [-0.05, 0) is 55.8 Å². The molecule has 0 spiro atoms. The number of aromatic nitrogens is 1. The molecule has 1 aliphatic heterocycles. The summed E-state index contributed by atoms with van der Waals surface area (Å²) in [4.78, 5) is 30.1. The Balaban J connectivity index is 1.95. The molecule has 2 aromatic rings. The van der Waals surface area contributed by atoms with Crippen LogP contribution in [0.15, 0.2) is 30.5 Å². The summed E-state index contributed by atoms with van der Waals surface area (Å²) in [7, 11) is 2.93. The minimum absolute atomic E-state index is 0.237. The summed E-state index contributed by atoms with van der Waals surface area (Å²) in [6, 6.07) is 5.58. The summed E-state index contributed by atoms with van der Waals surface area (Å²) in [5, 5.41) is 1.67. The zero-order valence-electron chi connectivity index (χ0n) is 17.4. The Morgan fingerprint density at radius 2 is 1.90 bits per heavy atom. The summed E-state index contributed by atoms with van der Waals surface area (Å²) in [6.07, 6.45) is 4.01. The number of ether oxygens (including phenoxy) is 3. The van der Waals surface area contributed by atoms with Gasteiger partial charge in [0.15, 0.2) is 0 Å². The van der Waals surface area contributed by atoms with E-state index in [-0.39, 0.29) is 11.8 Å². The number of esters is 1. The molecule has 0 N–H and O–H groups in total. The Morgan fingerprint density at radius 1 is 1.14 bits per heavy atom. The average Bonchev–Trinajstić information content (AvgIpc) is 2.70. The highest BCUT2D eigenvalue weighted by Crippen LogP contribution is 2.34. The van der Waals surface area contributed by atoms with Crippen molar-refractivity contribution in [2.75, 3.05) is 27.3 Å². The van der Waals surface area contributed by atoms with E-state index in [1.807, 2.05) is 39.0 Å². The highest BCUT2D eigenvalue weighted by atomic mass is 16.6. The van der Waals surface area contributed by atoms with Crippen molar-refractivity contribution in [3.63, 3.8) is 0 Å². The van der Waals surface area contributed by atoms with Crippen LogP contribution >= 0.6 is 0 Å². The molecule has 29 heavy (non-hydrogen) atoms. The molecule has 1 aromatic heterocycles. The van der Waals surface area contributed by atoms with Crippen molar-refractivity contribution in [3.05, 3.63) is 41.7 Å². The number of nitrogens with zero attached hydrogens (tertiary/aromatic N) is 2. The van der Waals surface area contributed by atoms with Crippen LogP contribution in [0.5, 0.6) is 5.75 Å². The fourth-order valence-corrected chi connectivity index (χ4v) is 3.29. The number of hydrogen-bond donors (Lipinski definition) is 0. The SMILES string of the molecule is COC(=O)c1cc2c(C3=CCN(C(=O)OC(C)(C)C)CC3)ccc(OC)c2cn1. The van der Waals surface area contributed by atoms with E-state index < -0.39 is 11.6 Å². The zero-order valence-corrected chi connectivity index (χ0v) is 17.4. The van der Waals surface area contributed by atoms with Gasteiger partial charge in [-0.1, -0.05) is 12.1 Å². The molecule has 1 aromatic carbocycles. The van der Waals surface area contributed by atoms with Gasteiger partial charge in [-0.15, -0.1) is 0 Å². The van der Waals surface area contributed by atoms with Crippen molar-refractivity contribution in [1.82, 2.24) is 9.88 Å². The van der Waals surface area contributed by atoms with Gasteiger partial charge in [0, 0.05) is 24.7 Å². The minimum atomic E-state index is -0.523. The van der Waals surface area contributed by atoms with Gasteiger partial charge in [-0.3, -0.25) is 0 Å². The molecule has 3 rings (SSSR count). The largest absolute Gasteiger partial charge is 0.496 e. The van der Waals surface area contributed by atoms with E-state index in [1.165, 1.54) is 7.11 Å². The van der Waals surface area contributed by atoms with Crippen molar-refractivity contribution in [3.8, 4) is 5.75 Å². The lowest BCUT2D eigenvalue weighted by molar-refractivity contribution is 0.0270. The van der Waals surface area contributed by atoms with Crippen LogP contribution < -0.4 is 4.74 Å². The maximum absolute atomic E-state index is 12.3. The predicted octanol–water partition coefficient (Wildman–Crippen LogP) is 4.05. The molecular formula is C22H26N2O5. The van der Waals surface area contributed by atoms with Crippen molar-refractivity contribution >= 4 is 28.4 Å². The summed E-state index contributed by atoms with van der Waals surface area (Å²) >= 11 is 0. The first-order chi connectivity index (χ1) is 13.7. The second-order valence-electron chi connectivity index (χ2n) is 7.83. The number of carbonyl (C=O) groups is 2. The Labute approximate surface area is 170 Å². The summed E-state index contributed by atoms with van der Waals surface area (Å²) in [6.45, 7) is 6.58. The van der Waals surface area contributed by atoms with Gasteiger partial charge in [-0.2, -0.15) is 0 Å². The number of amides is 1. The first-order valence-electron chi connectivity index (χ1n) is 9.46. The molecule has 0 atom stereocenters. The highest BCUT2D eigenvalue weighted by Gasteiger charge is 2.24. The van der Waals surface area contributed by atoms with Crippen molar-refractivity contribution in [2.45, 2.75) is 32.8 Å². The molecule has 0 aliphatic carbocycles. The zero-order chi connectivity index (χ0) is 21.2. The van der Waals surface area contributed by atoms with E-state index in [0.717, 1.165) is 21.9 Å². The molecule has 0 unspecified atom stereocenters. The third-order valence-corrected chi connectivity index (χ3v) is 4.68. The molecule has 2 heterocycles. The van der Waals surface area contributed by atoms with Crippen LogP contribution in [-0.2, 0) is 9.47 Å². The smallest absolute Gasteiger partial charge is 0.410 e. The van der Waals surface area contributed by atoms with Gasteiger partial charge < -0.3 is 19.1 Å². The molecule has 0 fully saturated rings. The maximum atomic E-state index is 12.3. The van der Waals surface area contributed by atoms with Crippen LogP contribution in [0.4, 0.5) is 4.79 Å². The standard InChI is InChI=1S/C22H26N2O5/c1-22(2,3)29-21(26)24-10-8-14(9-11-24)15-6-7-19(27-4)17-13-23-18(12-16(15)17)20(25)28-5/h6-8,12-13H,9-11H2,1-5H3. The van der Waals surface area contributed by atoms with Crippen LogP contribution in [-0.4, -0.2) is 54.9 Å². The Bertz CT molecular complexity index is 975. The van der Waals surface area contributed by atoms with Crippen molar-refractivity contribution < 1.29 is 23.8 Å². The molecule has 0 saturated heterocycles. The van der Waals surface area contributed by atoms with Crippen LogP contribution in [0.2, 0.25) is 0 Å². The molecule has 0 radical (unpaired) electrons. The quantitative estimate of drug-likeness (QED) is 0.726. The minimum Gasteiger partial charge on any atom is -0.496 e. The second kappa shape index (κ2) is 8.11. The molecule has 1 amide bonds. The fraction of sp³-hybridized carbons (Fsp3) is 0.409. The summed E-state index contributed by atoms with van der Waals surface area (Å²) < 4.78 is 15.7. The molecule has 7 nitrogen and oxygen atoms in total. The van der Waals surface area contributed by atoms with Gasteiger partial charge in [0.1, 0.15) is 17.0 Å². The van der Waals surface area contributed by atoms with E-state index in [1.54, 1.807) is 24.3 Å². The number of carbonyl (C=O) groups excluding carboxylic acids is 2. The van der Waals surface area contributed by atoms with E-state index >= 15 is 0 Å². The number of methoxy groups -OCH3 is 2. The first kappa shape index (κ1) is 20.6. The molecule has 1 aliphatic rings. The van der Waals surface area contributed by atoms with Crippen LogP contribution in [0.1, 0.15) is 43.2 Å². The molecular weight excluding hydrogens is 372 g/mol. The highest BCUT2D eigenvalue weighted by molar-refractivity contribution is 6.01. The lowest BCUT2D eigenvalue weighted by atomic mass is 9.94. The Hall–Kier alpha value is -3.09. The van der Waals surface area contributed by atoms with Gasteiger partial charge in [0.25, 0.3) is 0 Å². The van der Waals surface area contributed by atoms with E-state index in [2.05, 4.69) is 4.98 Å². The molecule has 154 valence electrons. The topological polar surface area (TPSA) is 78.0 Å². The third kappa shape index (κ3) is 4.50. The van der Waals surface area contributed by atoms with E-state index in [0.29, 0.717) is 25.3 Å². The third-order valence-electron chi connectivity index (χ3n) is 4.68. The number of benzene rings is 1. The lowest BCUT2D eigenvalue weighted by Crippen LogP contribution is -2.39. The van der Waals surface area contributed by atoms with E-state index in [4.69, 9.17) is 14.2 Å².